The van der Waals surface area contributed by atoms with Gasteiger partial charge in [0.05, 0.1) is 0 Å². The number of thioether (sulfide) groups is 2. The average molecular weight is 366 g/mol. The number of rotatable bonds is 3. The van der Waals surface area contributed by atoms with E-state index in [4.69, 9.17) is 0 Å². The SMILES string of the molecule is Brc1ccc(C2(/C=C/c3ccc[nH]3)SCCCS2)cc1. The van der Waals surface area contributed by atoms with Crippen molar-refractivity contribution in [2.24, 2.45) is 0 Å². The number of aromatic amines is 1. The average Bonchev–Trinajstić information content (AvgIpc) is 3.00. The standard InChI is InChI=1S/C16H16BrNS2/c17-14-6-4-13(5-7-14)16(19-11-2-12-20-16)9-8-15-3-1-10-18-15/h1,3-10,18H,2,11-12H2/b9-8+. The molecule has 0 unspecified atom stereocenters. The molecule has 1 aliphatic rings. The minimum Gasteiger partial charge on any atom is -0.362 e. The van der Waals surface area contributed by atoms with Crippen molar-refractivity contribution in [1.82, 2.24) is 4.98 Å². The first-order valence-electron chi connectivity index (χ1n) is 6.65. The first-order valence-corrected chi connectivity index (χ1v) is 9.41. The molecule has 3 rings (SSSR count). The topological polar surface area (TPSA) is 15.8 Å². The molecular weight excluding hydrogens is 350 g/mol. The summed E-state index contributed by atoms with van der Waals surface area (Å²) in [6.07, 6.45) is 7.81. The third-order valence-electron chi connectivity index (χ3n) is 3.27. The number of halogens is 1. The quantitative estimate of drug-likeness (QED) is 0.770. The molecule has 1 aromatic heterocycles. The summed E-state index contributed by atoms with van der Waals surface area (Å²) >= 11 is 7.60. The monoisotopic (exact) mass is 365 g/mol. The molecule has 4 heteroatoms. The van der Waals surface area contributed by atoms with Crippen molar-refractivity contribution in [1.29, 1.82) is 0 Å². The lowest BCUT2D eigenvalue weighted by molar-refractivity contribution is 1.04. The Morgan fingerprint density at radius 3 is 2.50 bits per heavy atom. The zero-order valence-electron chi connectivity index (χ0n) is 11.0. The van der Waals surface area contributed by atoms with Gasteiger partial charge in [-0.25, -0.2) is 0 Å². The van der Waals surface area contributed by atoms with Crippen molar-refractivity contribution < 1.29 is 0 Å². The van der Waals surface area contributed by atoms with E-state index >= 15 is 0 Å². The van der Waals surface area contributed by atoms with E-state index in [0.29, 0.717) is 0 Å². The number of H-pyrrole nitrogens is 1. The van der Waals surface area contributed by atoms with Crippen LogP contribution in [0.15, 0.2) is 53.1 Å². The summed E-state index contributed by atoms with van der Waals surface area (Å²) in [7, 11) is 0. The molecule has 2 heterocycles. The fraction of sp³-hybridized carbons (Fsp3) is 0.250. The first kappa shape index (κ1) is 14.4. The Hall–Kier alpha value is -0.580. The molecule has 0 radical (unpaired) electrons. The van der Waals surface area contributed by atoms with Crippen LogP contribution in [0.4, 0.5) is 0 Å². The fourth-order valence-electron chi connectivity index (χ4n) is 2.24. The zero-order valence-corrected chi connectivity index (χ0v) is 14.2. The molecule has 2 aromatic rings. The maximum Gasteiger partial charge on any atom is 0.105 e. The summed E-state index contributed by atoms with van der Waals surface area (Å²) in [6.45, 7) is 0. The summed E-state index contributed by atoms with van der Waals surface area (Å²) in [6, 6.07) is 12.9. The minimum atomic E-state index is 0.0457. The molecule has 0 bridgehead atoms. The van der Waals surface area contributed by atoms with E-state index in [2.05, 4.69) is 63.4 Å². The molecule has 0 saturated carbocycles. The highest BCUT2D eigenvalue weighted by molar-refractivity contribution is 9.10. The van der Waals surface area contributed by atoms with Gasteiger partial charge in [0.15, 0.2) is 0 Å². The Bertz CT molecular complexity index is 569. The smallest absolute Gasteiger partial charge is 0.105 e. The normalized spacial score (nSPS) is 18.4. The van der Waals surface area contributed by atoms with Gasteiger partial charge >= 0.3 is 0 Å². The number of aromatic nitrogens is 1. The Morgan fingerprint density at radius 1 is 1.10 bits per heavy atom. The number of hydrogen-bond donors (Lipinski definition) is 1. The Labute approximate surface area is 136 Å². The van der Waals surface area contributed by atoms with Gasteiger partial charge in [0.2, 0.25) is 0 Å². The molecule has 1 nitrogen and oxygen atoms in total. The van der Waals surface area contributed by atoms with Gasteiger partial charge in [0, 0.05) is 16.4 Å². The molecule has 20 heavy (non-hydrogen) atoms. The van der Waals surface area contributed by atoms with E-state index in [9.17, 15) is 0 Å². The molecule has 1 aromatic carbocycles. The number of hydrogen-bond acceptors (Lipinski definition) is 2. The second-order valence-electron chi connectivity index (χ2n) is 4.68. The minimum absolute atomic E-state index is 0.0457. The molecule has 0 aliphatic carbocycles. The van der Waals surface area contributed by atoms with Crippen LogP contribution < -0.4 is 0 Å². The van der Waals surface area contributed by atoms with Crippen molar-refractivity contribution >= 4 is 45.5 Å². The zero-order chi connectivity index (χ0) is 13.8. The molecule has 1 aliphatic heterocycles. The van der Waals surface area contributed by atoms with Crippen molar-refractivity contribution in [3.8, 4) is 0 Å². The Kier molecular flexibility index (Phi) is 4.64. The maximum absolute atomic E-state index is 3.52. The molecule has 1 saturated heterocycles. The summed E-state index contributed by atoms with van der Waals surface area (Å²) < 4.78 is 1.18. The van der Waals surface area contributed by atoms with E-state index in [1.807, 2.05) is 35.8 Å². The van der Waals surface area contributed by atoms with E-state index < -0.39 is 0 Å². The van der Waals surface area contributed by atoms with Crippen LogP contribution in [0.5, 0.6) is 0 Å². The highest BCUT2D eigenvalue weighted by Crippen LogP contribution is 2.51. The van der Waals surface area contributed by atoms with E-state index in [-0.39, 0.29) is 4.08 Å². The van der Waals surface area contributed by atoms with Gasteiger partial charge in [0.1, 0.15) is 4.08 Å². The highest BCUT2D eigenvalue weighted by Gasteiger charge is 2.32. The molecule has 1 fully saturated rings. The summed E-state index contributed by atoms with van der Waals surface area (Å²) in [5, 5.41) is 0. The van der Waals surface area contributed by atoms with E-state index in [0.717, 1.165) is 10.2 Å². The molecule has 104 valence electrons. The lowest BCUT2D eigenvalue weighted by Crippen LogP contribution is -2.20. The van der Waals surface area contributed by atoms with Crippen LogP contribution in [0.25, 0.3) is 6.08 Å². The van der Waals surface area contributed by atoms with Crippen molar-refractivity contribution in [2.75, 3.05) is 11.5 Å². The predicted octanol–water partition coefficient (Wildman–Crippen LogP) is 5.51. The van der Waals surface area contributed by atoms with Crippen molar-refractivity contribution in [3.63, 3.8) is 0 Å². The van der Waals surface area contributed by atoms with E-state index in [1.165, 1.54) is 23.5 Å². The Balaban J connectivity index is 1.93. The van der Waals surface area contributed by atoms with Gasteiger partial charge in [-0.3, -0.25) is 0 Å². The van der Waals surface area contributed by atoms with Crippen LogP contribution in [0, 0.1) is 0 Å². The lowest BCUT2D eigenvalue weighted by atomic mass is 10.1. The van der Waals surface area contributed by atoms with Crippen LogP contribution in [0.2, 0.25) is 0 Å². The third-order valence-corrected chi connectivity index (χ3v) is 7.10. The van der Waals surface area contributed by atoms with Crippen LogP contribution in [0.1, 0.15) is 17.7 Å². The summed E-state index contributed by atoms with van der Waals surface area (Å²) in [5.74, 6) is 2.44. The van der Waals surface area contributed by atoms with Gasteiger partial charge in [0.25, 0.3) is 0 Å². The van der Waals surface area contributed by atoms with Crippen molar-refractivity contribution in [2.45, 2.75) is 10.5 Å². The number of nitrogens with one attached hydrogen (secondary N) is 1. The van der Waals surface area contributed by atoms with Crippen LogP contribution >= 0.6 is 39.5 Å². The van der Waals surface area contributed by atoms with Gasteiger partial charge in [-0.05, 0) is 53.8 Å². The summed E-state index contributed by atoms with van der Waals surface area (Å²) in [5.41, 5.74) is 2.53. The van der Waals surface area contributed by atoms with Gasteiger partial charge in [-0.1, -0.05) is 34.1 Å². The first-order chi connectivity index (χ1) is 9.78. The second-order valence-corrected chi connectivity index (χ2v) is 8.54. The predicted molar refractivity (Wildman–Crippen MR) is 95.2 cm³/mol. The molecule has 0 atom stereocenters. The molecule has 0 spiro atoms. The second kappa shape index (κ2) is 6.46. The number of benzene rings is 1. The van der Waals surface area contributed by atoms with Gasteiger partial charge < -0.3 is 4.98 Å². The van der Waals surface area contributed by atoms with Gasteiger partial charge in [-0.2, -0.15) is 0 Å². The van der Waals surface area contributed by atoms with Crippen LogP contribution in [-0.4, -0.2) is 16.5 Å². The van der Waals surface area contributed by atoms with E-state index in [1.54, 1.807) is 0 Å². The fourth-order valence-corrected chi connectivity index (χ4v) is 5.64. The van der Waals surface area contributed by atoms with Crippen molar-refractivity contribution in [3.05, 3.63) is 64.4 Å². The van der Waals surface area contributed by atoms with Gasteiger partial charge in [-0.15, -0.1) is 23.5 Å². The lowest BCUT2D eigenvalue weighted by Gasteiger charge is -2.34. The van der Waals surface area contributed by atoms with Crippen LogP contribution in [0.3, 0.4) is 0 Å². The highest BCUT2D eigenvalue weighted by atomic mass is 79.9. The third kappa shape index (κ3) is 3.18. The Morgan fingerprint density at radius 2 is 1.85 bits per heavy atom. The maximum atomic E-state index is 3.52. The van der Waals surface area contributed by atoms with Crippen LogP contribution in [-0.2, 0) is 4.08 Å². The molecular formula is C16H16BrNS2. The largest absolute Gasteiger partial charge is 0.362 e. The molecule has 0 amide bonds. The summed E-state index contributed by atoms with van der Waals surface area (Å²) in [4.78, 5) is 3.24. The molecule has 1 N–H and O–H groups in total.